The molecular formula is C18H32N2O. The second-order valence-corrected chi connectivity index (χ2v) is 8.64. The van der Waals surface area contributed by atoms with E-state index in [1.54, 1.807) is 0 Å². The lowest BCUT2D eigenvalue weighted by Gasteiger charge is -2.39. The van der Waals surface area contributed by atoms with E-state index in [0.717, 1.165) is 24.3 Å². The number of rotatable bonds is 8. The molecule has 0 amide bonds. The average molecular weight is 292 g/mol. The second-order valence-electron chi connectivity index (χ2n) is 8.64. The van der Waals surface area contributed by atoms with Crippen molar-refractivity contribution < 1.29 is 5.11 Å². The molecule has 4 fully saturated rings. The summed E-state index contributed by atoms with van der Waals surface area (Å²) in [6, 6.07) is 0.689. The van der Waals surface area contributed by atoms with E-state index in [2.05, 4.69) is 17.3 Å². The van der Waals surface area contributed by atoms with E-state index in [1.165, 1.54) is 57.9 Å². The Labute approximate surface area is 129 Å². The molecule has 2 N–H and O–H groups in total. The van der Waals surface area contributed by atoms with E-state index >= 15 is 0 Å². The van der Waals surface area contributed by atoms with Crippen molar-refractivity contribution in [3.63, 3.8) is 0 Å². The Balaban J connectivity index is 1.35. The molecule has 2 bridgehead atoms. The number of likely N-dealkylation sites (N-methyl/N-ethyl adjacent to an activating group) is 1. The van der Waals surface area contributed by atoms with Crippen LogP contribution >= 0.6 is 0 Å². The third-order valence-corrected chi connectivity index (χ3v) is 6.69. The number of aliphatic hydroxyl groups is 1. The molecule has 3 nitrogen and oxygen atoms in total. The van der Waals surface area contributed by atoms with E-state index in [1.807, 2.05) is 0 Å². The summed E-state index contributed by atoms with van der Waals surface area (Å²) in [5.41, 5.74) is -0.00641. The van der Waals surface area contributed by atoms with E-state index in [0.29, 0.717) is 18.6 Å². The summed E-state index contributed by atoms with van der Waals surface area (Å²) in [5, 5.41) is 13.9. The van der Waals surface area contributed by atoms with Gasteiger partial charge in [0.15, 0.2) is 0 Å². The van der Waals surface area contributed by atoms with Gasteiger partial charge in [-0.1, -0.05) is 6.42 Å². The first-order valence-electron chi connectivity index (χ1n) is 9.25. The van der Waals surface area contributed by atoms with Crippen molar-refractivity contribution in [2.24, 2.45) is 23.7 Å². The highest BCUT2D eigenvalue weighted by molar-refractivity contribution is 5.06. The van der Waals surface area contributed by atoms with Crippen LogP contribution in [0.15, 0.2) is 0 Å². The van der Waals surface area contributed by atoms with Crippen LogP contribution in [0.5, 0.6) is 0 Å². The van der Waals surface area contributed by atoms with Gasteiger partial charge in [-0.2, -0.15) is 0 Å². The fraction of sp³-hybridized carbons (Fsp3) is 1.00. The van der Waals surface area contributed by atoms with Crippen molar-refractivity contribution in [3.8, 4) is 0 Å². The zero-order valence-electron chi connectivity index (χ0n) is 13.6. The quantitative estimate of drug-likeness (QED) is 0.720. The van der Waals surface area contributed by atoms with Crippen molar-refractivity contribution in [1.82, 2.24) is 10.2 Å². The van der Waals surface area contributed by atoms with Crippen LogP contribution in [0, 0.1) is 23.7 Å². The summed E-state index contributed by atoms with van der Waals surface area (Å²) < 4.78 is 0. The highest BCUT2D eigenvalue weighted by Crippen LogP contribution is 2.48. The third kappa shape index (κ3) is 3.02. The summed E-state index contributed by atoms with van der Waals surface area (Å²) in [6.07, 6.45) is 11.2. The number of aliphatic hydroxyl groups excluding tert-OH is 1. The van der Waals surface area contributed by atoms with Crippen LogP contribution in [-0.4, -0.2) is 48.3 Å². The Morgan fingerprint density at radius 3 is 2.43 bits per heavy atom. The largest absolute Gasteiger partial charge is 0.394 e. The lowest BCUT2D eigenvalue weighted by atomic mass is 9.87. The molecule has 4 aliphatic rings. The maximum absolute atomic E-state index is 10.1. The van der Waals surface area contributed by atoms with Crippen molar-refractivity contribution >= 4 is 0 Å². The van der Waals surface area contributed by atoms with Gasteiger partial charge >= 0.3 is 0 Å². The standard InChI is InChI=1S/C18H32N2O/c1-20(10-15-9-13-2-3-14(15)8-13)11-18(12-21,16-4-5-16)19-17-6-7-17/h13-17,19,21H,2-12H2,1H3. The molecule has 4 saturated carbocycles. The van der Waals surface area contributed by atoms with Crippen LogP contribution in [0.25, 0.3) is 0 Å². The first-order chi connectivity index (χ1) is 10.2. The number of fused-ring (bicyclic) bond motifs is 2. The number of hydrogen-bond acceptors (Lipinski definition) is 3. The molecule has 0 aromatic rings. The third-order valence-electron chi connectivity index (χ3n) is 6.69. The summed E-state index contributed by atoms with van der Waals surface area (Å²) in [7, 11) is 2.29. The molecule has 21 heavy (non-hydrogen) atoms. The monoisotopic (exact) mass is 292 g/mol. The number of nitrogens with one attached hydrogen (secondary N) is 1. The van der Waals surface area contributed by atoms with Crippen molar-refractivity contribution in [2.75, 3.05) is 26.7 Å². The molecule has 0 aliphatic heterocycles. The average Bonchev–Trinajstić information content (AvgIpc) is 3.38. The molecule has 0 spiro atoms. The highest BCUT2D eigenvalue weighted by Gasteiger charge is 2.48. The van der Waals surface area contributed by atoms with Gasteiger partial charge in [-0.25, -0.2) is 0 Å². The summed E-state index contributed by atoms with van der Waals surface area (Å²) in [6.45, 7) is 2.61. The van der Waals surface area contributed by atoms with Gasteiger partial charge in [0.2, 0.25) is 0 Å². The van der Waals surface area contributed by atoms with Crippen molar-refractivity contribution in [1.29, 1.82) is 0 Å². The Morgan fingerprint density at radius 2 is 1.90 bits per heavy atom. The molecule has 0 aromatic heterocycles. The molecule has 4 aliphatic carbocycles. The van der Waals surface area contributed by atoms with Crippen LogP contribution in [0.3, 0.4) is 0 Å². The molecular weight excluding hydrogens is 260 g/mol. The Hall–Kier alpha value is -0.120. The molecule has 3 heteroatoms. The van der Waals surface area contributed by atoms with Gasteiger partial charge in [0, 0.05) is 19.1 Å². The molecule has 0 radical (unpaired) electrons. The molecule has 120 valence electrons. The van der Waals surface area contributed by atoms with Crippen LogP contribution in [0.4, 0.5) is 0 Å². The van der Waals surface area contributed by atoms with Gasteiger partial charge in [-0.05, 0) is 75.7 Å². The lowest BCUT2D eigenvalue weighted by molar-refractivity contribution is 0.0876. The molecule has 0 heterocycles. The number of hydrogen-bond donors (Lipinski definition) is 2. The summed E-state index contributed by atoms with van der Waals surface area (Å²) in [4.78, 5) is 2.54. The Bertz CT molecular complexity index is 379. The molecule has 0 saturated heterocycles. The maximum Gasteiger partial charge on any atom is 0.0628 e. The minimum Gasteiger partial charge on any atom is -0.394 e. The highest BCUT2D eigenvalue weighted by atomic mass is 16.3. The second kappa shape index (κ2) is 5.50. The number of nitrogens with zero attached hydrogens (tertiary/aromatic N) is 1. The molecule has 4 unspecified atom stereocenters. The first-order valence-corrected chi connectivity index (χ1v) is 9.25. The van der Waals surface area contributed by atoms with Gasteiger partial charge in [0.25, 0.3) is 0 Å². The minimum atomic E-state index is -0.00641. The summed E-state index contributed by atoms with van der Waals surface area (Å²) in [5.74, 6) is 3.71. The molecule has 4 atom stereocenters. The van der Waals surface area contributed by atoms with Crippen LogP contribution < -0.4 is 5.32 Å². The Morgan fingerprint density at radius 1 is 1.10 bits per heavy atom. The van der Waals surface area contributed by atoms with Crippen LogP contribution in [0.2, 0.25) is 0 Å². The first kappa shape index (κ1) is 14.5. The van der Waals surface area contributed by atoms with Crippen LogP contribution in [0.1, 0.15) is 51.4 Å². The van der Waals surface area contributed by atoms with Crippen molar-refractivity contribution in [2.45, 2.75) is 62.9 Å². The van der Waals surface area contributed by atoms with Gasteiger partial charge < -0.3 is 15.3 Å². The van der Waals surface area contributed by atoms with E-state index in [9.17, 15) is 5.11 Å². The van der Waals surface area contributed by atoms with Gasteiger partial charge in [-0.15, -0.1) is 0 Å². The van der Waals surface area contributed by atoms with Crippen molar-refractivity contribution in [3.05, 3.63) is 0 Å². The van der Waals surface area contributed by atoms with Gasteiger partial charge in [-0.3, -0.25) is 0 Å². The topological polar surface area (TPSA) is 35.5 Å². The van der Waals surface area contributed by atoms with E-state index in [-0.39, 0.29) is 5.54 Å². The van der Waals surface area contributed by atoms with Gasteiger partial charge in [0.1, 0.15) is 0 Å². The smallest absolute Gasteiger partial charge is 0.0628 e. The normalized spacial score (nSPS) is 38.1. The molecule has 4 rings (SSSR count). The zero-order valence-corrected chi connectivity index (χ0v) is 13.6. The minimum absolute atomic E-state index is 0.00641. The predicted molar refractivity (Wildman–Crippen MR) is 85.1 cm³/mol. The zero-order chi connectivity index (χ0) is 14.4. The van der Waals surface area contributed by atoms with E-state index < -0.39 is 0 Å². The SMILES string of the molecule is CN(CC1CC2CCC1C2)CC(CO)(NC1CC1)C1CC1. The molecule has 0 aromatic carbocycles. The lowest BCUT2D eigenvalue weighted by Crippen LogP contribution is -2.58. The van der Waals surface area contributed by atoms with E-state index in [4.69, 9.17) is 0 Å². The fourth-order valence-electron chi connectivity index (χ4n) is 5.33. The fourth-order valence-corrected chi connectivity index (χ4v) is 5.33. The summed E-state index contributed by atoms with van der Waals surface area (Å²) >= 11 is 0. The predicted octanol–water partition coefficient (Wildman–Crippen LogP) is 2.25. The Kier molecular flexibility index (Phi) is 3.79. The van der Waals surface area contributed by atoms with Gasteiger partial charge in [0.05, 0.1) is 12.1 Å². The maximum atomic E-state index is 10.1. The van der Waals surface area contributed by atoms with Crippen LogP contribution in [-0.2, 0) is 0 Å².